The van der Waals surface area contributed by atoms with Crippen LogP contribution in [0.2, 0.25) is 0 Å². The van der Waals surface area contributed by atoms with Gasteiger partial charge < -0.3 is 10.0 Å². The van der Waals surface area contributed by atoms with Crippen LogP contribution in [0.5, 0.6) is 0 Å². The third kappa shape index (κ3) is 3.22. The lowest BCUT2D eigenvalue weighted by molar-refractivity contribution is -0.384. The minimum atomic E-state index is -1.16. The Morgan fingerprint density at radius 1 is 1.12 bits per heavy atom. The number of anilines is 1. The quantitative estimate of drug-likeness (QED) is 0.684. The second-order valence-electron chi connectivity index (χ2n) is 5.94. The molecule has 0 saturated carbocycles. The number of nitrogens with zero attached hydrogens (tertiary/aromatic N) is 2. The molecule has 1 aliphatic heterocycles. The van der Waals surface area contributed by atoms with Gasteiger partial charge >= 0.3 is 5.97 Å². The molecule has 0 bridgehead atoms. The summed E-state index contributed by atoms with van der Waals surface area (Å²) in [5.41, 5.74) is 1.59. The molecule has 24 heavy (non-hydrogen) atoms. The Morgan fingerprint density at radius 3 is 2.38 bits per heavy atom. The Hall–Kier alpha value is -2.89. The summed E-state index contributed by atoms with van der Waals surface area (Å²) < 4.78 is 0. The van der Waals surface area contributed by atoms with Crippen molar-refractivity contribution in [1.29, 1.82) is 0 Å². The maximum Gasteiger partial charge on any atom is 0.335 e. The van der Waals surface area contributed by atoms with Crippen molar-refractivity contribution in [2.45, 2.75) is 18.8 Å². The molecule has 1 heterocycles. The average molecular weight is 326 g/mol. The van der Waals surface area contributed by atoms with Crippen LogP contribution in [-0.2, 0) is 0 Å². The average Bonchev–Trinajstić information content (AvgIpc) is 2.62. The molecular formula is C18H18N2O4. The number of carbonyl (C=O) groups is 1. The van der Waals surface area contributed by atoms with Crippen molar-refractivity contribution in [1.82, 2.24) is 0 Å². The molecule has 0 radical (unpaired) electrons. The number of piperidine rings is 1. The fourth-order valence-corrected chi connectivity index (χ4v) is 3.25. The van der Waals surface area contributed by atoms with Crippen LogP contribution >= 0.6 is 0 Å². The summed E-state index contributed by atoms with van der Waals surface area (Å²) in [4.78, 5) is 23.8. The highest BCUT2D eigenvalue weighted by atomic mass is 16.6. The van der Waals surface area contributed by atoms with Gasteiger partial charge in [-0.2, -0.15) is 0 Å². The summed E-state index contributed by atoms with van der Waals surface area (Å²) >= 11 is 0. The summed E-state index contributed by atoms with van der Waals surface area (Å²) in [6, 6.07) is 14.4. The highest BCUT2D eigenvalue weighted by Crippen LogP contribution is 2.35. The monoisotopic (exact) mass is 326 g/mol. The lowest BCUT2D eigenvalue weighted by Crippen LogP contribution is -2.33. The van der Waals surface area contributed by atoms with Crippen LogP contribution in [-0.4, -0.2) is 29.1 Å². The first-order valence-corrected chi connectivity index (χ1v) is 7.88. The van der Waals surface area contributed by atoms with Gasteiger partial charge in [-0.25, -0.2) is 4.79 Å². The Labute approximate surface area is 139 Å². The van der Waals surface area contributed by atoms with Crippen LogP contribution in [0, 0.1) is 10.1 Å². The molecular weight excluding hydrogens is 308 g/mol. The minimum Gasteiger partial charge on any atom is -0.478 e. The SMILES string of the molecule is O=C(O)c1ccc(N2CCC(c3ccccc3)CC2)c([N+](=O)[O-])c1. The van der Waals surface area contributed by atoms with Gasteiger partial charge in [-0.05, 0) is 36.5 Å². The fourth-order valence-electron chi connectivity index (χ4n) is 3.25. The molecule has 1 saturated heterocycles. The molecule has 124 valence electrons. The van der Waals surface area contributed by atoms with E-state index < -0.39 is 10.9 Å². The third-order valence-electron chi connectivity index (χ3n) is 4.53. The zero-order chi connectivity index (χ0) is 17.1. The van der Waals surface area contributed by atoms with Gasteiger partial charge in [-0.3, -0.25) is 10.1 Å². The van der Waals surface area contributed by atoms with Crippen LogP contribution in [0.3, 0.4) is 0 Å². The van der Waals surface area contributed by atoms with Gasteiger partial charge in [0.2, 0.25) is 0 Å². The lowest BCUT2D eigenvalue weighted by atomic mass is 9.89. The maximum absolute atomic E-state index is 11.3. The molecule has 0 aliphatic carbocycles. The number of carboxylic acid groups (broad SMARTS) is 1. The minimum absolute atomic E-state index is 0.0652. The van der Waals surface area contributed by atoms with Crippen molar-refractivity contribution in [2.24, 2.45) is 0 Å². The number of benzene rings is 2. The molecule has 6 heteroatoms. The van der Waals surface area contributed by atoms with E-state index >= 15 is 0 Å². The number of nitro benzene ring substituents is 1. The van der Waals surface area contributed by atoms with E-state index in [-0.39, 0.29) is 11.3 Å². The molecule has 1 aliphatic rings. The summed E-state index contributed by atoms with van der Waals surface area (Å²) in [6.45, 7) is 1.43. The zero-order valence-electron chi connectivity index (χ0n) is 13.1. The molecule has 0 amide bonds. The van der Waals surface area contributed by atoms with Crippen molar-refractivity contribution in [3.8, 4) is 0 Å². The molecule has 2 aromatic carbocycles. The van der Waals surface area contributed by atoms with E-state index in [9.17, 15) is 14.9 Å². The van der Waals surface area contributed by atoms with E-state index in [1.54, 1.807) is 6.07 Å². The normalized spacial score (nSPS) is 15.2. The van der Waals surface area contributed by atoms with Crippen LogP contribution < -0.4 is 4.90 Å². The molecule has 1 N–H and O–H groups in total. The summed E-state index contributed by atoms with van der Waals surface area (Å²) in [5, 5.41) is 20.3. The number of aromatic carboxylic acids is 1. The second kappa shape index (κ2) is 6.70. The number of hydrogen-bond donors (Lipinski definition) is 1. The number of nitro groups is 1. The standard InChI is InChI=1S/C18H18N2O4/c21-18(22)15-6-7-16(17(12-15)20(23)24)19-10-8-14(9-11-19)13-4-2-1-3-5-13/h1-7,12,14H,8-11H2,(H,21,22). The zero-order valence-corrected chi connectivity index (χ0v) is 13.1. The molecule has 0 aromatic heterocycles. The maximum atomic E-state index is 11.3. The van der Waals surface area contributed by atoms with Gasteiger partial charge in [0.25, 0.3) is 5.69 Å². The first-order valence-electron chi connectivity index (χ1n) is 7.88. The van der Waals surface area contributed by atoms with E-state index in [1.807, 2.05) is 23.1 Å². The highest BCUT2D eigenvalue weighted by molar-refractivity contribution is 5.89. The third-order valence-corrected chi connectivity index (χ3v) is 4.53. The first-order chi connectivity index (χ1) is 11.6. The fraction of sp³-hybridized carbons (Fsp3) is 0.278. The molecule has 6 nitrogen and oxygen atoms in total. The second-order valence-corrected chi connectivity index (χ2v) is 5.94. The van der Waals surface area contributed by atoms with Crippen molar-refractivity contribution in [3.05, 3.63) is 69.8 Å². The molecule has 0 unspecified atom stereocenters. The van der Waals surface area contributed by atoms with Gasteiger partial charge in [0.05, 0.1) is 10.5 Å². The number of carboxylic acids is 1. The lowest BCUT2D eigenvalue weighted by Gasteiger charge is -2.33. The Kier molecular flexibility index (Phi) is 4.46. The first kappa shape index (κ1) is 16.0. The van der Waals surface area contributed by atoms with Crippen molar-refractivity contribution >= 4 is 17.3 Å². The van der Waals surface area contributed by atoms with Crippen LogP contribution in [0.15, 0.2) is 48.5 Å². The van der Waals surface area contributed by atoms with Gasteiger partial charge in [0, 0.05) is 19.2 Å². The van der Waals surface area contributed by atoms with E-state index in [0.717, 1.165) is 18.9 Å². The van der Waals surface area contributed by atoms with Gasteiger partial charge in [0.15, 0.2) is 0 Å². The summed E-state index contributed by atoms with van der Waals surface area (Å²) in [5.74, 6) is -0.702. The summed E-state index contributed by atoms with van der Waals surface area (Å²) in [6.07, 6.45) is 1.84. The van der Waals surface area contributed by atoms with Crippen molar-refractivity contribution < 1.29 is 14.8 Å². The van der Waals surface area contributed by atoms with Gasteiger partial charge in [-0.1, -0.05) is 30.3 Å². The van der Waals surface area contributed by atoms with Crippen molar-refractivity contribution in [3.63, 3.8) is 0 Å². The Morgan fingerprint density at radius 2 is 1.79 bits per heavy atom. The predicted molar refractivity (Wildman–Crippen MR) is 90.7 cm³/mol. The predicted octanol–water partition coefficient (Wildman–Crippen LogP) is 3.68. The molecule has 0 atom stereocenters. The smallest absolute Gasteiger partial charge is 0.335 e. The van der Waals surface area contributed by atoms with E-state index in [1.165, 1.54) is 11.6 Å². The van der Waals surface area contributed by atoms with Crippen LogP contribution in [0.4, 0.5) is 11.4 Å². The Bertz CT molecular complexity index is 753. The molecule has 3 rings (SSSR count). The molecule has 2 aromatic rings. The van der Waals surface area contributed by atoms with Crippen molar-refractivity contribution in [2.75, 3.05) is 18.0 Å². The van der Waals surface area contributed by atoms with E-state index in [0.29, 0.717) is 24.7 Å². The summed E-state index contributed by atoms with van der Waals surface area (Å²) in [7, 11) is 0. The number of rotatable bonds is 4. The molecule has 0 spiro atoms. The Balaban J connectivity index is 1.79. The highest BCUT2D eigenvalue weighted by Gasteiger charge is 2.26. The van der Waals surface area contributed by atoms with Gasteiger partial charge in [-0.15, -0.1) is 0 Å². The largest absolute Gasteiger partial charge is 0.478 e. The molecule has 1 fully saturated rings. The number of hydrogen-bond acceptors (Lipinski definition) is 4. The van der Waals surface area contributed by atoms with E-state index in [2.05, 4.69) is 12.1 Å². The van der Waals surface area contributed by atoms with Crippen LogP contribution in [0.1, 0.15) is 34.7 Å². The van der Waals surface area contributed by atoms with Crippen LogP contribution in [0.25, 0.3) is 0 Å². The van der Waals surface area contributed by atoms with Gasteiger partial charge in [0.1, 0.15) is 5.69 Å². The van der Waals surface area contributed by atoms with E-state index in [4.69, 9.17) is 5.11 Å². The topological polar surface area (TPSA) is 83.7 Å².